The van der Waals surface area contributed by atoms with E-state index in [4.69, 9.17) is 23.1 Å². The van der Waals surface area contributed by atoms with E-state index >= 15 is 0 Å². The van der Waals surface area contributed by atoms with Crippen LogP contribution in [0.2, 0.25) is 5.02 Å². The van der Waals surface area contributed by atoms with Gasteiger partial charge in [0.25, 0.3) is 5.56 Å². The Morgan fingerprint density at radius 1 is 1.15 bits per heavy atom. The highest BCUT2D eigenvalue weighted by Gasteiger charge is 1.96. The quantitative estimate of drug-likeness (QED) is 0.572. The normalized spacial score (nSPS) is 9.85. The molecule has 0 fully saturated rings. The topological polar surface area (TPSA) is 124 Å². The van der Waals surface area contributed by atoms with Gasteiger partial charge in [0, 0.05) is 0 Å². The van der Waals surface area contributed by atoms with Crippen molar-refractivity contribution in [2.75, 3.05) is 11.5 Å². The molecule has 7 nitrogen and oxygen atoms in total. The van der Waals surface area contributed by atoms with E-state index in [0.717, 1.165) is 5.52 Å². The van der Waals surface area contributed by atoms with Gasteiger partial charge in [-0.2, -0.15) is 4.98 Å². The minimum atomic E-state index is -0.0874. The van der Waals surface area contributed by atoms with Crippen molar-refractivity contribution in [1.29, 1.82) is 0 Å². The maximum absolute atomic E-state index is 11.1. The van der Waals surface area contributed by atoms with Crippen LogP contribution in [0.3, 0.4) is 0 Å². The predicted molar refractivity (Wildman–Crippen MR) is 78.2 cm³/mol. The number of nitrogens with one attached hydrogen (secondary N) is 1. The number of fused-ring (bicyclic) bond motifs is 1. The van der Waals surface area contributed by atoms with Gasteiger partial charge in [0.05, 0.1) is 23.4 Å². The highest BCUT2D eigenvalue weighted by Crippen LogP contribution is 2.13. The molecule has 3 rings (SSSR count). The van der Waals surface area contributed by atoms with Gasteiger partial charge in [-0.25, -0.2) is 9.97 Å². The lowest BCUT2D eigenvalue weighted by molar-refractivity contribution is 1.17. The highest BCUT2D eigenvalue weighted by molar-refractivity contribution is 6.32. The van der Waals surface area contributed by atoms with Crippen LogP contribution in [0.25, 0.3) is 10.9 Å². The van der Waals surface area contributed by atoms with Crippen molar-refractivity contribution < 1.29 is 0 Å². The van der Waals surface area contributed by atoms with Gasteiger partial charge in [-0.15, -0.1) is 0 Å². The third-order valence-corrected chi connectivity index (χ3v) is 2.63. The minimum absolute atomic E-state index is 0.0874. The number of aromatic amines is 1. The number of para-hydroxylation sites is 1. The smallest absolute Gasteiger partial charge is 0.258 e. The zero-order chi connectivity index (χ0) is 14.5. The number of benzene rings is 1. The predicted octanol–water partition coefficient (Wildman–Crippen LogP) is 1.22. The Morgan fingerprint density at radius 2 is 1.90 bits per heavy atom. The van der Waals surface area contributed by atoms with Crippen molar-refractivity contribution in [1.82, 2.24) is 19.9 Å². The molecule has 0 saturated heterocycles. The molecular formula is C12H11ClN6O. The van der Waals surface area contributed by atoms with Gasteiger partial charge >= 0.3 is 0 Å². The summed E-state index contributed by atoms with van der Waals surface area (Å²) < 4.78 is 0. The fourth-order valence-electron chi connectivity index (χ4n) is 1.41. The van der Waals surface area contributed by atoms with E-state index < -0.39 is 0 Å². The second-order valence-corrected chi connectivity index (χ2v) is 4.12. The van der Waals surface area contributed by atoms with Gasteiger partial charge in [-0.3, -0.25) is 4.79 Å². The van der Waals surface area contributed by atoms with E-state index in [1.165, 1.54) is 12.5 Å². The Hall–Kier alpha value is -2.67. The zero-order valence-electron chi connectivity index (χ0n) is 10.2. The molecule has 3 aromatic rings. The summed E-state index contributed by atoms with van der Waals surface area (Å²) in [4.78, 5) is 24.8. The first-order valence-electron chi connectivity index (χ1n) is 5.54. The average molecular weight is 291 g/mol. The summed E-state index contributed by atoms with van der Waals surface area (Å²) in [5, 5.41) is 0.958. The number of anilines is 2. The van der Waals surface area contributed by atoms with E-state index in [-0.39, 0.29) is 17.3 Å². The number of halogens is 1. The van der Waals surface area contributed by atoms with Crippen molar-refractivity contribution in [2.24, 2.45) is 0 Å². The summed E-state index contributed by atoms with van der Waals surface area (Å²) in [6, 6.07) is 7.24. The summed E-state index contributed by atoms with van der Waals surface area (Å²) >= 11 is 5.48. The first kappa shape index (κ1) is 13.8. The van der Waals surface area contributed by atoms with Crippen molar-refractivity contribution in [3.8, 4) is 0 Å². The molecule has 0 aliphatic carbocycles. The molecule has 0 aliphatic rings. The fourth-order valence-corrected chi connectivity index (χ4v) is 1.50. The summed E-state index contributed by atoms with van der Waals surface area (Å²) in [7, 11) is 0. The van der Waals surface area contributed by atoms with Crippen LogP contribution in [0.5, 0.6) is 0 Å². The molecule has 0 unspecified atom stereocenters. The van der Waals surface area contributed by atoms with Gasteiger partial charge in [0.1, 0.15) is 10.8 Å². The lowest BCUT2D eigenvalue weighted by atomic mass is 10.2. The van der Waals surface area contributed by atoms with E-state index in [1.807, 2.05) is 18.2 Å². The standard InChI is InChI=1S/C8H6N2O.C4H5ClN4/c11-8-6-3-1-2-4-7(6)9-5-10-8;5-2-1-8-4(7)9-3(2)6/h1-5H,(H,9,10,11);1H,(H4,6,7,8,9). The van der Waals surface area contributed by atoms with Gasteiger partial charge in [-0.05, 0) is 12.1 Å². The lowest BCUT2D eigenvalue weighted by Gasteiger charge is -1.94. The van der Waals surface area contributed by atoms with Crippen LogP contribution in [0, 0.1) is 0 Å². The van der Waals surface area contributed by atoms with Crippen LogP contribution in [0.4, 0.5) is 11.8 Å². The number of nitrogens with two attached hydrogens (primary N) is 2. The van der Waals surface area contributed by atoms with Crippen LogP contribution >= 0.6 is 11.6 Å². The summed E-state index contributed by atoms with van der Waals surface area (Å²) in [6.45, 7) is 0. The number of nitrogen functional groups attached to an aromatic ring is 2. The molecule has 0 spiro atoms. The molecule has 2 aromatic heterocycles. The van der Waals surface area contributed by atoms with Crippen LogP contribution < -0.4 is 17.0 Å². The molecule has 0 saturated carbocycles. The van der Waals surface area contributed by atoms with Gasteiger partial charge in [0.2, 0.25) is 5.95 Å². The third-order valence-electron chi connectivity index (χ3n) is 2.34. The summed E-state index contributed by atoms with van der Waals surface area (Å²) in [5.41, 5.74) is 11.1. The molecule has 0 bridgehead atoms. The van der Waals surface area contributed by atoms with Crippen molar-refractivity contribution >= 4 is 34.3 Å². The molecule has 1 aromatic carbocycles. The Balaban J connectivity index is 0.000000151. The Labute approximate surface area is 118 Å². The number of hydrogen-bond donors (Lipinski definition) is 3. The fraction of sp³-hybridized carbons (Fsp3) is 0. The second-order valence-electron chi connectivity index (χ2n) is 3.71. The molecule has 102 valence electrons. The monoisotopic (exact) mass is 290 g/mol. The SMILES string of the molecule is Nc1ncc(Cl)c(N)n1.O=c1[nH]cnc2ccccc12. The van der Waals surface area contributed by atoms with E-state index in [9.17, 15) is 4.79 Å². The average Bonchev–Trinajstić information content (AvgIpc) is 2.45. The zero-order valence-corrected chi connectivity index (χ0v) is 11.0. The number of aromatic nitrogens is 4. The van der Waals surface area contributed by atoms with Crippen molar-refractivity contribution in [3.63, 3.8) is 0 Å². The number of nitrogens with zero attached hydrogens (tertiary/aromatic N) is 3. The molecule has 0 radical (unpaired) electrons. The Morgan fingerprint density at radius 3 is 2.55 bits per heavy atom. The molecule has 5 N–H and O–H groups in total. The van der Waals surface area contributed by atoms with Gasteiger partial charge in [-0.1, -0.05) is 23.7 Å². The molecule has 0 aliphatic heterocycles. The molecular weight excluding hydrogens is 280 g/mol. The summed E-state index contributed by atoms with van der Waals surface area (Å²) in [6.07, 6.45) is 2.77. The molecule has 8 heteroatoms. The first-order valence-corrected chi connectivity index (χ1v) is 5.91. The number of hydrogen-bond acceptors (Lipinski definition) is 6. The Kier molecular flexibility index (Phi) is 4.11. The second kappa shape index (κ2) is 5.98. The maximum atomic E-state index is 11.1. The largest absolute Gasteiger partial charge is 0.382 e. The van der Waals surface area contributed by atoms with E-state index in [0.29, 0.717) is 10.4 Å². The van der Waals surface area contributed by atoms with E-state index in [2.05, 4.69) is 19.9 Å². The highest BCUT2D eigenvalue weighted by atomic mass is 35.5. The van der Waals surface area contributed by atoms with Crippen LogP contribution in [-0.2, 0) is 0 Å². The van der Waals surface area contributed by atoms with Crippen LogP contribution in [0.15, 0.2) is 41.6 Å². The lowest BCUT2D eigenvalue weighted by Crippen LogP contribution is -2.05. The van der Waals surface area contributed by atoms with Gasteiger partial charge in [0.15, 0.2) is 0 Å². The van der Waals surface area contributed by atoms with Crippen LogP contribution in [0.1, 0.15) is 0 Å². The Bertz CT molecular complexity index is 783. The third kappa shape index (κ3) is 3.21. The molecule has 2 heterocycles. The summed E-state index contributed by atoms with van der Waals surface area (Å²) in [5.74, 6) is 0.348. The molecule has 20 heavy (non-hydrogen) atoms. The minimum Gasteiger partial charge on any atom is -0.382 e. The maximum Gasteiger partial charge on any atom is 0.258 e. The molecule has 0 amide bonds. The van der Waals surface area contributed by atoms with Crippen molar-refractivity contribution in [2.45, 2.75) is 0 Å². The van der Waals surface area contributed by atoms with E-state index in [1.54, 1.807) is 6.07 Å². The number of H-pyrrole nitrogens is 1. The number of rotatable bonds is 0. The van der Waals surface area contributed by atoms with Crippen molar-refractivity contribution in [3.05, 3.63) is 52.2 Å². The first-order chi connectivity index (χ1) is 9.58. The molecule has 0 atom stereocenters. The van der Waals surface area contributed by atoms with Gasteiger partial charge < -0.3 is 16.5 Å². The van der Waals surface area contributed by atoms with Crippen LogP contribution in [-0.4, -0.2) is 19.9 Å².